The number of benzene rings is 5. The Morgan fingerprint density at radius 1 is 0.596 bits per heavy atom. The topological polar surface area (TPSA) is 101 Å². The molecule has 0 aromatic heterocycles. The molecule has 1 aliphatic heterocycles. The number of aromatic carboxylic acids is 1. The smallest absolute Gasteiger partial charge is 0.335 e. The molecule has 0 amide bonds. The van der Waals surface area contributed by atoms with Crippen LogP contribution in [0.3, 0.4) is 0 Å². The summed E-state index contributed by atoms with van der Waals surface area (Å²) < 4.78 is 30.7. The Morgan fingerprint density at radius 2 is 1.06 bits per heavy atom. The summed E-state index contributed by atoms with van der Waals surface area (Å²) in [6.45, 7) is 1.34. The third-order valence-corrected chi connectivity index (χ3v) is 7.62. The molecule has 0 unspecified atom stereocenters. The van der Waals surface area contributed by atoms with Gasteiger partial charge in [0.15, 0.2) is 6.29 Å². The number of carbonyl (C=O) groups is 2. The maximum absolute atomic E-state index is 15.0. The lowest BCUT2D eigenvalue weighted by Crippen LogP contribution is -2.21. The van der Waals surface area contributed by atoms with E-state index in [2.05, 4.69) is 0 Å². The molecule has 1 fully saturated rings. The average Bonchev–Trinajstić information content (AvgIpc) is 3.13. The van der Waals surface area contributed by atoms with Crippen LogP contribution in [0.2, 0.25) is 0 Å². The molecule has 8 heteroatoms. The summed E-state index contributed by atoms with van der Waals surface area (Å²) >= 11 is 0. The van der Waals surface area contributed by atoms with Gasteiger partial charge in [-0.1, -0.05) is 103 Å². The SMILES string of the molecule is O=C(O)c1cc(OCc2ccccc2)c(C(=O)c2c(OCc3ccccc3)cccc2C2OCCCO2)c(OCc2ccccc2)c1. The fraction of sp³-hybridized carbons (Fsp3) is 0.179. The molecule has 6 rings (SSSR count). The first-order valence-corrected chi connectivity index (χ1v) is 15.4. The van der Waals surface area contributed by atoms with E-state index >= 15 is 0 Å². The molecule has 238 valence electrons. The summed E-state index contributed by atoms with van der Waals surface area (Å²) in [7, 11) is 0. The van der Waals surface area contributed by atoms with Crippen LogP contribution in [0.15, 0.2) is 121 Å². The van der Waals surface area contributed by atoms with Gasteiger partial charge in [-0.25, -0.2) is 4.79 Å². The van der Waals surface area contributed by atoms with Crippen molar-refractivity contribution in [3.63, 3.8) is 0 Å². The molecule has 1 heterocycles. The van der Waals surface area contributed by atoms with Crippen molar-refractivity contribution in [1.82, 2.24) is 0 Å². The Kier molecular flexibility index (Phi) is 10.2. The quantitative estimate of drug-likeness (QED) is 0.132. The summed E-state index contributed by atoms with van der Waals surface area (Å²) in [4.78, 5) is 27.3. The lowest BCUT2D eigenvalue weighted by Gasteiger charge is -2.26. The normalized spacial score (nSPS) is 13.1. The van der Waals surface area contributed by atoms with Gasteiger partial charge in [0, 0.05) is 5.56 Å². The van der Waals surface area contributed by atoms with Gasteiger partial charge < -0.3 is 28.8 Å². The van der Waals surface area contributed by atoms with Gasteiger partial charge in [-0.2, -0.15) is 0 Å². The molecule has 1 aliphatic rings. The minimum absolute atomic E-state index is 0.0645. The zero-order chi connectivity index (χ0) is 32.4. The number of carbonyl (C=O) groups excluding carboxylic acids is 1. The van der Waals surface area contributed by atoms with Gasteiger partial charge in [-0.15, -0.1) is 0 Å². The second-order valence-corrected chi connectivity index (χ2v) is 11.0. The predicted octanol–water partition coefficient (Wildman–Crippen LogP) is 7.79. The van der Waals surface area contributed by atoms with Crippen molar-refractivity contribution in [1.29, 1.82) is 0 Å². The van der Waals surface area contributed by atoms with Crippen molar-refractivity contribution in [2.45, 2.75) is 32.5 Å². The van der Waals surface area contributed by atoms with Crippen LogP contribution in [0.4, 0.5) is 0 Å². The fourth-order valence-electron chi connectivity index (χ4n) is 5.27. The van der Waals surface area contributed by atoms with Crippen molar-refractivity contribution in [2.75, 3.05) is 13.2 Å². The third kappa shape index (κ3) is 7.87. The number of ketones is 1. The Labute approximate surface area is 273 Å². The van der Waals surface area contributed by atoms with Gasteiger partial charge in [-0.3, -0.25) is 4.79 Å². The van der Waals surface area contributed by atoms with Crippen LogP contribution in [-0.2, 0) is 29.3 Å². The van der Waals surface area contributed by atoms with Crippen LogP contribution < -0.4 is 14.2 Å². The van der Waals surface area contributed by atoms with Crippen LogP contribution in [0.5, 0.6) is 17.2 Å². The molecule has 0 saturated carbocycles. The van der Waals surface area contributed by atoms with E-state index in [0.717, 1.165) is 23.1 Å². The summed E-state index contributed by atoms with van der Waals surface area (Å²) in [5.74, 6) is -1.22. The maximum Gasteiger partial charge on any atom is 0.335 e. The number of hydrogen-bond donors (Lipinski definition) is 1. The van der Waals surface area contributed by atoms with Crippen LogP contribution in [-0.4, -0.2) is 30.1 Å². The molecule has 1 N–H and O–H groups in total. The average molecular weight is 631 g/mol. The third-order valence-electron chi connectivity index (χ3n) is 7.62. The molecule has 0 aliphatic carbocycles. The second kappa shape index (κ2) is 15.2. The highest BCUT2D eigenvalue weighted by Crippen LogP contribution is 2.40. The zero-order valence-corrected chi connectivity index (χ0v) is 25.7. The summed E-state index contributed by atoms with van der Waals surface area (Å²) in [5.41, 5.74) is 3.30. The van der Waals surface area contributed by atoms with Crippen molar-refractivity contribution >= 4 is 11.8 Å². The molecule has 5 aromatic rings. The molecule has 1 saturated heterocycles. The fourth-order valence-corrected chi connectivity index (χ4v) is 5.27. The lowest BCUT2D eigenvalue weighted by atomic mass is 9.94. The number of ether oxygens (including phenoxy) is 5. The minimum atomic E-state index is -1.19. The largest absolute Gasteiger partial charge is 0.488 e. The summed E-state index contributed by atoms with van der Waals surface area (Å²) in [5, 5.41) is 10.0. The molecule has 0 spiro atoms. The van der Waals surface area contributed by atoms with Crippen LogP contribution in [0, 0.1) is 0 Å². The zero-order valence-electron chi connectivity index (χ0n) is 25.7. The van der Waals surface area contributed by atoms with E-state index in [0.29, 0.717) is 24.5 Å². The van der Waals surface area contributed by atoms with Crippen molar-refractivity contribution in [3.8, 4) is 17.2 Å². The van der Waals surface area contributed by atoms with E-state index in [1.165, 1.54) is 12.1 Å². The molecule has 0 radical (unpaired) electrons. The molecular weight excluding hydrogens is 596 g/mol. The van der Waals surface area contributed by atoms with Gasteiger partial charge in [-0.05, 0) is 41.3 Å². The highest BCUT2D eigenvalue weighted by Gasteiger charge is 2.31. The van der Waals surface area contributed by atoms with Gasteiger partial charge in [0.25, 0.3) is 0 Å². The molecule has 5 aromatic carbocycles. The van der Waals surface area contributed by atoms with Crippen LogP contribution >= 0.6 is 0 Å². The Morgan fingerprint density at radius 3 is 1.53 bits per heavy atom. The summed E-state index contributed by atoms with van der Waals surface area (Å²) in [6, 6.07) is 36.5. The predicted molar refractivity (Wildman–Crippen MR) is 175 cm³/mol. The van der Waals surface area contributed by atoms with Gasteiger partial charge in [0.2, 0.25) is 5.78 Å². The van der Waals surface area contributed by atoms with Gasteiger partial charge in [0.05, 0.1) is 24.3 Å². The lowest BCUT2D eigenvalue weighted by molar-refractivity contribution is -0.183. The van der Waals surface area contributed by atoms with E-state index in [1.807, 2.05) is 91.0 Å². The minimum Gasteiger partial charge on any atom is -0.488 e. The molecule has 8 nitrogen and oxygen atoms in total. The van der Waals surface area contributed by atoms with Crippen LogP contribution in [0.1, 0.15) is 61.2 Å². The second-order valence-electron chi connectivity index (χ2n) is 11.0. The number of carboxylic acid groups (broad SMARTS) is 1. The molecule has 0 bridgehead atoms. The first-order valence-electron chi connectivity index (χ1n) is 15.4. The van der Waals surface area contributed by atoms with E-state index in [9.17, 15) is 14.7 Å². The monoisotopic (exact) mass is 630 g/mol. The van der Waals surface area contributed by atoms with Gasteiger partial charge in [0.1, 0.15) is 42.6 Å². The van der Waals surface area contributed by atoms with Gasteiger partial charge >= 0.3 is 5.97 Å². The first-order chi connectivity index (χ1) is 23.1. The summed E-state index contributed by atoms with van der Waals surface area (Å²) in [6.07, 6.45) is -0.0705. The number of hydrogen-bond acceptors (Lipinski definition) is 7. The van der Waals surface area contributed by atoms with E-state index in [4.69, 9.17) is 23.7 Å². The number of carboxylic acids is 1. The van der Waals surface area contributed by atoms with Crippen molar-refractivity contribution in [2.24, 2.45) is 0 Å². The Hall–Kier alpha value is -5.44. The maximum atomic E-state index is 15.0. The van der Waals surface area contributed by atoms with Crippen molar-refractivity contribution in [3.05, 3.63) is 160 Å². The first kappa shape index (κ1) is 31.5. The molecule has 47 heavy (non-hydrogen) atoms. The number of rotatable bonds is 13. The Balaban J connectivity index is 1.47. The van der Waals surface area contributed by atoms with E-state index < -0.39 is 18.0 Å². The standard InChI is InChI=1S/C39H34O8/c40-37(35-31(39-43-20-11-21-44-39)18-10-19-32(35)45-24-27-12-4-1-5-13-27)36-33(46-25-28-14-6-2-7-15-28)22-30(38(41)42)23-34(36)47-26-29-16-8-3-9-17-29/h1-10,12-19,22-23,39H,11,20-21,24-26H2,(H,41,42). The van der Waals surface area contributed by atoms with Crippen molar-refractivity contribution < 1.29 is 38.4 Å². The van der Waals surface area contributed by atoms with E-state index in [-0.39, 0.29) is 48.0 Å². The molecular formula is C39H34O8. The highest BCUT2D eigenvalue weighted by atomic mass is 16.7. The van der Waals surface area contributed by atoms with E-state index in [1.54, 1.807) is 18.2 Å². The molecule has 0 atom stereocenters. The Bertz CT molecular complexity index is 1740. The van der Waals surface area contributed by atoms with Crippen LogP contribution in [0.25, 0.3) is 0 Å². The highest BCUT2D eigenvalue weighted by molar-refractivity contribution is 6.15.